The van der Waals surface area contributed by atoms with Crippen molar-refractivity contribution in [3.63, 3.8) is 0 Å². The summed E-state index contributed by atoms with van der Waals surface area (Å²) in [6.07, 6.45) is 4.41. The molecule has 0 aromatic heterocycles. The molecule has 0 saturated carbocycles. The number of hydrogen-bond donors (Lipinski definition) is 0. The Balaban J connectivity index is 1.52. The number of benzene rings is 1. The highest BCUT2D eigenvalue weighted by Gasteiger charge is 2.32. The Kier molecular flexibility index (Phi) is 6.45. The van der Waals surface area contributed by atoms with Crippen molar-refractivity contribution in [1.82, 2.24) is 9.80 Å². The molecule has 2 fully saturated rings. The Labute approximate surface area is 159 Å². The van der Waals surface area contributed by atoms with Gasteiger partial charge in [0, 0.05) is 44.6 Å². The van der Waals surface area contributed by atoms with Crippen LogP contribution in [0.5, 0.6) is 0 Å². The predicted octanol–water partition coefficient (Wildman–Crippen LogP) is 3.39. The standard InChI is InChI=1S/C21H28F2N2O2/c1-15(26)24-12-9-17(10-13-24)21(27)25-11-3-4-16(14-25)7-8-18-19(22)5-2-6-20(18)23/h2,5-6,16-17H,3-4,7-14H2,1H3/t16-/m1/s1. The van der Waals surface area contributed by atoms with Gasteiger partial charge in [-0.25, -0.2) is 8.78 Å². The number of carbonyl (C=O) groups excluding carboxylic acids is 2. The van der Waals surface area contributed by atoms with E-state index in [0.29, 0.717) is 32.5 Å². The first kappa shape index (κ1) is 19.8. The van der Waals surface area contributed by atoms with Crippen LogP contribution >= 0.6 is 0 Å². The second-order valence-electron chi connectivity index (χ2n) is 7.81. The molecule has 27 heavy (non-hydrogen) atoms. The van der Waals surface area contributed by atoms with Crippen LogP contribution in [0.15, 0.2) is 18.2 Å². The van der Waals surface area contributed by atoms with Crippen molar-refractivity contribution in [3.8, 4) is 0 Å². The summed E-state index contributed by atoms with van der Waals surface area (Å²) in [5, 5.41) is 0. The fourth-order valence-electron chi connectivity index (χ4n) is 4.32. The number of rotatable bonds is 4. The molecule has 2 aliphatic rings. The molecule has 2 saturated heterocycles. The van der Waals surface area contributed by atoms with E-state index in [2.05, 4.69) is 0 Å². The van der Waals surface area contributed by atoms with E-state index in [1.54, 1.807) is 11.8 Å². The fourth-order valence-corrected chi connectivity index (χ4v) is 4.32. The number of likely N-dealkylation sites (tertiary alicyclic amines) is 2. The van der Waals surface area contributed by atoms with Crippen LogP contribution in [0.25, 0.3) is 0 Å². The Bertz CT molecular complexity index is 667. The van der Waals surface area contributed by atoms with Gasteiger partial charge in [-0.15, -0.1) is 0 Å². The van der Waals surface area contributed by atoms with E-state index in [4.69, 9.17) is 0 Å². The minimum atomic E-state index is -0.490. The van der Waals surface area contributed by atoms with Crippen LogP contribution in [0.2, 0.25) is 0 Å². The lowest BCUT2D eigenvalue weighted by Gasteiger charge is -2.37. The smallest absolute Gasteiger partial charge is 0.225 e. The molecule has 4 nitrogen and oxygen atoms in total. The molecular weight excluding hydrogens is 350 g/mol. The third kappa shape index (κ3) is 4.85. The Morgan fingerprint density at radius 3 is 2.33 bits per heavy atom. The van der Waals surface area contributed by atoms with Crippen LogP contribution in [-0.4, -0.2) is 47.8 Å². The molecule has 2 amide bonds. The first-order valence-corrected chi connectivity index (χ1v) is 9.93. The molecule has 0 radical (unpaired) electrons. The second kappa shape index (κ2) is 8.81. The summed E-state index contributed by atoms with van der Waals surface area (Å²) >= 11 is 0. The number of carbonyl (C=O) groups is 2. The van der Waals surface area contributed by atoms with E-state index < -0.39 is 11.6 Å². The zero-order valence-electron chi connectivity index (χ0n) is 15.9. The summed E-state index contributed by atoms with van der Waals surface area (Å²) in [5.41, 5.74) is 0.151. The van der Waals surface area contributed by atoms with Crippen molar-refractivity contribution in [3.05, 3.63) is 35.4 Å². The van der Waals surface area contributed by atoms with Crippen LogP contribution in [0.4, 0.5) is 8.78 Å². The van der Waals surface area contributed by atoms with Gasteiger partial charge in [0.25, 0.3) is 0 Å². The Hall–Kier alpha value is -1.98. The molecule has 148 valence electrons. The van der Waals surface area contributed by atoms with Crippen molar-refractivity contribution in [1.29, 1.82) is 0 Å². The van der Waals surface area contributed by atoms with Gasteiger partial charge in [-0.1, -0.05) is 6.07 Å². The van der Waals surface area contributed by atoms with Gasteiger partial charge in [0.15, 0.2) is 0 Å². The van der Waals surface area contributed by atoms with Crippen LogP contribution < -0.4 is 0 Å². The van der Waals surface area contributed by atoms with Gasteiger partial charge in [0.1, 0.15) is 11.6 Å². The first-order valence-electron chi connectivity index (χ1n) is 9.93. The average molecular weight is 378 g/mol. The van der Waals surface area contributed by atoms with Crippen molar-refractivity contribution < 1.29 is 18.4 Å². The molecule has 0 bridgehead atoms. The SMILES string of the molecule is CC(=O)N1CCC(C(=O)N2CCC[C@H](CCc3c(F)cccc3F)C2)CC1. The van der Waals surface area contributed by atoms with E-state index in [1.165, 1.54) is 18.2 Å². The van der Waals surface area contributed by atoms with E-state index in [-0.39, 0.29) is 29.2 Å². The maximum absolute atomic E-state index is 13.8. The molecule has 3 rings (SSSR count). The van der Waals surface area contributed by atoms with Crippen molar-refractivity contribution in [2.45, 2.75) is 45.4 Å². The molecule has 1 atom stereocenters. The van der Waals surface area contributed by atoms with Crippen molar-refractivity contribution in [2.75, 3.05) is 26.2 Å². The third-order valence-corrected chi connectivity index (χ3v) is 5.98. The van der Waals surface area contributed by atoms with E-state index >= 15 is 0 Å². The molecule has 0 unspecified atom stereocenters. The van der Waals surface area contributed by atoms with Gasteiger partial charge in [0.05, 0.1) is 0 Å². The molecule has 1 aromatic rings. The monoisotopic (exact) mass is 378 g/mol. The zero-order valence-corrected chi connectivity index (χ0v) is 15.9. The van der Waals surface area contributed by atoms with Crippen molar-refractivity contribution in [2.24, 2.45) is 11.8 Å². The third-order valence-electron chi connectivity index (χ3n) is 5.98. The van der Waals surface area contributed by atoms with Gasteiger partial charge >= 0.3 is 0 Å². The molecule has 2 heterocycles. The number of amides is 2. The quantitative estimate of drug-likeness (QED) is 0.806. The van der Waals surface area contributed by atoms with Gasteiger partial charge in [0.2, 0.25) is 11.8 Å². The molecular formula is C21H28F2N2O2. The maximum Gasteiger partial charge on any atom is 0.225 e. The largest absolute Gasteiger partial charge is 0.343 e. The number of hydrogen-bond acceptors (Lipinski definition) is 2. The van der Waals surface area contributed by atoms with Crippen LogP contribution in [-0.2, 0) is 16.0 Å². The maximum atomic E-state index is 13.8. The number of piperidine rings is 2. The van der Waals surface area contributed by atoms with E-state index in [9.17, 15) is 18.4 Å². The molecule has 1 aromatic carbocycles. The fraction of sp³-hybridized carbons (Fsp3) is 0.619. The summed E-state index contributed by atoms with van der Waals surface area (Å²) in [6.45, 7) is 4.29. The molecule has 2 aliphatic heterocycles. The number of nitrogens with zero attached hydrogens (tertiary/aromatic N) is 2. The topological polar surface area (TPSA) is 40.6 Å². The van der Waals surface area contributed by atoms with Crippen LogP contribution in [0.1, 0.15) is 44.6 Å². The van der Waals surface area contributed by atoms with E-state index in [1.807, 2.05) is 4.90 Å². The minimum absolute atomic E-state index is 0.0108. The molecule has 0 N–H and O–H groups in total. The lowest BCUT2D eigenvalue weighted by atomic mass is 9.89. The molecule has 0 aliphatic carbocycles. The van der Waals surface area contributed by atoms with Crippen molar-refractivity contribution >= 4 is 11.8 Å². The molecule has 6 heteroatoms. The normalized spacial score (nSPS) is 21.4. The second-order valence-corrected chi connectivity index (χ2v) is 7.81. The van der Waals surface area contributed by atoms with Gasteiger partial charge < -0.3 is 9.80 Å². The predicted molar refractivity (Wildman–Crippen MR) is 99.0 cm³/mol. The summed E-state index contributed by atoms with van der Waals surface area (Å²) in [4.78, 5) is 28.0. The Morgan fingerprint density at radius 2 is 1.70 bits per heavy atom. The highest BCUT2D eigenvalue weighted by molar-refractivity contribution is 5.79. The average Bonchev–Trinajstić information content (AvgIpc) is 2.67. The van der Waals surface area contributed by atoms with Gasteiger partial charge in [-0.2, -0.15) is 0 Å². The summed E-state index contributed by atoms with van der Waals surface area (Å²) < 4.78 is 27.6. The van der Waals surface area contributed by atoms with Crippen LogP contribution in [0.3, 0.4) is 0 Å². The van der Waals surface area contributed by atoms with Gasteiger partial charge in [-0.3, -0.25) is 9.59 Å². The zero-order chi connectivity index (χ0) is 19.4. The summed E-state index contributed by atoms with van der Waals surface area (Å²) in [5.74, 6) is -0.464. The lowest BCUT2D eigenvalue weighted by molar-refractivity contribution is -0.141. The Morgan fingerprint density at radius 1 is 1.04 bits per heavy atom. The lowest BCUT2D eigenvalue weighted by Crippen LogP contribution is -2.47. The highest BCUT2D eigenvalue weighted by Crippen LogP contribution is 2.27. The molecule has 0 spiro atoms. The first-order chi connectivity index (χ1) is 13.0. The highest BCUT2D eigenvalue weighted by atomic mass is 19.1. The van der Waals surface area contributed by atoms with Gasteiger partial charge in [-0.05, 0) is 56.6 Å². The number of halogens is 2. The summed E-state index contributed by atoms with van der Waals surface area (Å²) in [7, 11) is 0. The van der Waals surface area contributed by atoms with E-state index in [0.717, 1.165) is 32.2 Å². The minimum Gasteiger partial charge on any atom is -0.343 e. The summed E-state index contributed by atoms with van der Waals surface area (Å²) in [6, 6.07) is 3.97. The van der Waals surface area contributed by atoms with Crippen LogP contribution in [0, 0.1) is 23.5 Å².